The lowest BCUT2D eigenvalue weighted by Gasteiger charge is -2.22. The summed E-state index contributed by atoms with van der Waals surface area (Å²) in [6.07, 6.45) is 0. The van der Waals surface area contributed by atoms with Gasteiger partial charge in [-0.15, -0.1) is 0 Å². The second-order valence-electron chi connectivity index (χ2n) is 3.96. The summed E-state index contributed by atoms with van der Waals surface area (Å²) in [5, 5.41) is 3.61. The fourth-order valence-corrected chi connectivity index (χ4v) is 4.04. The molecule has 5 heteroatoms. The number of halogens is 1. The lowest BCUT2D eigenvalue weighted by Crippen LogP contribution is -2.39. The molecule has 1 aliphatic rings. The predicted molar refractivity (Wildman–Crippen MR) is 74.1 cm³/mol. The zero-order valence-corrected chi connectivity index (χ0v) is 12.4. The number of carbonyl (C=O) groups is 1. The van der Waals surface area contributed by atoms with Gasteiger partial charge in [0.25, 0.3) is 0 Å². The molecule has 1 N–H and O–H groups in total. The molecule has 0 aromatic carbocycles. The molecule has 0 aromatic rings. The largest absolute Gasteiger partial charge is 0.354 e. The van der Waals surface area contributed by atoms with Gasteiger partial charge >= 0.3 is 0 Å². The third-order valence-corrected chi connectivity index (χ3v) is 6.54. The number of alkyl halides is 1. The van der Waals surface area contributed by atoms with Gasteiger partial charge in [0, 0.05) is 29.1 Å². The van der Waals surface area contributed by atoms with E-state index in [1.165, 1.54) is 17.3 Å². The van der Waals surface area contributed by atoms with Gasteiger partial charge in [-0.3, -0.25) is 4.79 Å². The highest BCUT2D eigenvalue weighted by atomic mass is 79.9. The van der Waals surface area contributed by atoms with Crippen LogP contribution in [0.4, 0.5) is 0 Å². The number of carbonyl (C=O) groups excluding carboxylic acids is 1. The molecule has 1 rings (SSSR count). The van der Waals surface area contributed by atoms with Crippen LogP contribution in [0.1, 0.15) is 13.8 Å². The van der Waals surface area contributed by atoms with E-state index in [0.717, 1.165) is 6.54 Å². The van der Waals surface area contributed by atoms with E-state index < -0.39 is 0 Å². The fraction of sp³-hybridized carbons (Fsp3) is 0.900. The topological polar surface area (TPSA) is 29.1 Å². The molecular formula is C10H18BrNOS2. The summed E-state index contributed by atoms with van der Waals surface area (Å²) in [7, 11) is 0. The fourth-order valence-electron chi connectivity index (χ4n) is 1.27. The first-order valence-corrected chi connectivity index (χ1v) is 8.34. The quantitative estimate of drug-likeness (QED) is 0.808. The van der Waals surface area contributed by atoms with Crippen molar-refractivity contribution in [3.63, 3.8) is 0 Å². The Morgan fingerprint density at radius 2 is 2.27 bits per heavy atom. The first-order chi connectivity index (χ1) is 7.11. The maximum absolute atomic E-state index is 11.7. The van der Waals surface area contributed by atoms with E-state index in [-0.39, 0.29) is 10.7 Å². The van der Waals surface area contributed by atoms with Crippen molar-refractivity contribution in [3.8, 4) is 0 Å². The summed E-state index contributed by atoms with van der Waals surface area (Å²) in [6.45, 7) is 4.90. The van der Waals surface area contributed by atoms with Crippen molar-refractivity contribution in [2.45, 2.75) is 23.9 Å². The van der Waals surface area contributed by atoms with Crippen LogP contribution in [0.25, 0.3) is 0 Å². The number of hydrogen-bond donors (Lipinski definition) is 1. The van der Waals surface area contributed by atoms with Gasteiger partial charge in [0.05, 0.1) is 4.83 Å². The van der Waals surface area contributed by atoms with Crippen LogP contribution in [-0.4, -0.2) is 39.8 Å². The highest BCUT2D eigenvalue weighted by molar-refractivity contribution is 9.10. The van der Waals surface area contributed by atoms with Crippen molar-refractivity contribution >= 4 is 45.4 Å². The molecule has 0 radical (unpaired) electrons. The Morgan fingerprint density at radius 1 is 1.53 bits per heavy atom. The minimum atomic E-state index is -0.0567. The lowest BCUT2D eigenvalue weighted by molar-refractivity contribution is -0.121. The highest BCUT2D eigenvalue weighted by Crippen LogP contribution is 2.23. The molecule has 0 spiro atoms. The van der Waals surface area contributed by atoms with Crippen LogP contribution in [0, 0.1) is 5.92 Å². The molecule has 88 valence electrons. The number of hydrogen-bond acceptors (Lipinski definition) is 3. The Balaban J connectivity index is 2.20. The zero-order valence-electron chi connectivity index (χ0n) is 9.16. The SMILES string of the molecule is CC(C)C(Br)C(=O)NCC1CSCCS1. The molecule has 2 unspecified atom stereocenters. The van der Waals surface area contributed by atoms with Crippen molar-refractivity contribution in [1.29, 1.82) is 0 Å². The number of amides is 1. The summed E-state index contributed by atoms with van der Waals surface area (Å²) in [4.78, 5) is 11.6. The van der Waals surface area contributed by atoms with E-state index in [1.807, 2.05) is 37.4 Å². The van der Waals surface area contributed by atoms with E-state index in [0.29, 0.717) is 11.2 Å². The van der Waals surface area contributed by atoms with Crippen LogP contribution in [0.15, 0.2) is 0 Å². The van der Waals surface area contributed by atoms with Gasteiger partial charge in [-0.05, 0) is 5.92 Å². The second kappa shape index (κ2) is 7.07. The molecule has 1 fully saturated rings. The number of nitrogens with one attached hydrogen (secondary N) is 1. The molecule has 2 nitrogen and oxygen atoms in total. The van der Waals surface area contributed by atoms with E-state index >= 15 is 0 Å². The predicted octanol–water partition coefficient (Wildman–Crippen LogP) is 2.37. The molecular weight excluding hydrogens is 294 g/mol. The molecule has 0 saturated carbocycles. The second-order valence-corrected chi connectivity index (χ2v) is 7.50. The Labute approximate surface area is 109 Å². The lowest BCUT2D eigenvalue weighted by atomic mass is 10.1. The monoisotopic (exact) mass is 311 g/mol. The summed E-state index contributed by atoms with van der Waals surface area (Å²) < 4.78 is 0. The first kappa shape index (κ1) is 13.7. The summed E-state index contributed by atoms with van der Waals surface area (Å²) in [5.41, 5.74) is 0. The maximum atomic E-state index is 11.7. The smallest absolute Gasteiger partial charge is 0.234 e. The third-order valence-electron chi connectivity index (χ3n) is 2.22. The van der Waals surface area contributed by atoms with Crippen LogP contribution in [0.5, 0.6) is 0 Å². The summed E-state index contributed by atoms with van der Waals surface area (Å²) in [5.74, 6) is 4.11. The van der Waals surface area contributed by atoms with Gasteiger partial charge in [-0.1, -0.05) is 29.8 Å². The van der Waals surface area contributed by atoms with Gasteiger partial charge in [-0.25, -0.2) is 0 Å². The highest BCUT2D eigenvalue weighted by Gasteiger charge is 2.20. The van der Waals surface area contributed by atoms with Crippen molar-refractivity contribution < 1.29 is 4.79 Å². The molecule has 0 aromatic heterocycles. The minimum absolute atomic E-state index is 0.0567. The normalized spacial score (nSPS) is 23.9. The van der Waals surface area contributed by atoms with Crippen molar-refractivity contribution in [2.75, 3.05) is 23.8 Å². The van der Waals surface area contributed by atoms with E-state index in [9.17, 15) is 4.79 Å². The third kappa shape index (κ3) is 5.00. The molecule has 0 aliphatic carbocycles. The molecule has 1 heterocycles. The number of rotatable bonds is 4. The molecule has 0 bridgehead atoms. The van der Waals surface area contributed by atoms with Crippen LogP contribution in [-0.2, 0) is 4.79 Å². The number of thioether (sulfide) groups is 2. The van der Waals surface area contributed by atoms with E-state index in [1.54, 1.807) is 0 Å². The minimum Gasteiger partial charge on any atom is -0.354 e. The Morgan fingerprint density at radius 3 is 2.80 bits per heavy atom. The van der Waals surface area contributed by atoms with Crippen molar-refractivity contribution in [3.05, 3.63) is 0 Å². The first-order valence-electron chi connectivity index (χ1n) is 5.22. The molecule has 1 saturated heterocycles. The van der Waals surface area contributed by atoms with Crippen LogP contribution >= 0.6 is 39.5 Å². The van der Waals surface area contributed by atoms with Crippen molar-refractivity contribution in [1.82, 2.24) is 5.32 Å². The Hall–Kier alpha value is 0.650. The van der Waals surface area contributed by atoms with Gasteiger partial charge in [0.1, 0.15) is 0 Å². The standard InChI is InChI=1S/C10H18BrNOS2/c1-7(2)9(11)10(13)12-5-8-6-14-3-4-15-8/h7-9H,3-6H2,1-2H3,(H,12,13). The van der Waals surface area contributed by atoms with Crippen molar-refractivity contribution in [2.24, 2.45) is 5.92 Å². The maximum Gasteiger partial charge on any atom is 0.234 e. The summed E-state index contributed by atoms with van der Waals surface area (Å²) in [6, 6.07) is 0. The molecule has 15 heavy (non-hydrogen) atoms. The van der Waals surface area contributed by atoms with Gasteiger partial charge in [0.2, 0.25) is 5.91 Å². The van der Waals surface area contributed by atoms with Gasteiger partial charge < -0.3 is 5.32 Å². The average molecular weight is 312 g/mol. The van der Waals surface area contributed by atoms with E-state index in [2.05, 4.69) is 21.2 Å². The Bertz CT molecular complexity index is 208. The molecule has 1 aliphatic heterocycles. The summed E-state index contributed by atoms with van der Waals surface area (Å²) >= 11 is 7.37. The van der Waals surface area contributed by atoms with E-state index in [4.69, 9.17) is 0 Å². The van der Waals surface area contributed by atoms with Crippen LogP contribution in [0.2, 0.25) is 0 Å². The van der Waals surface area contributed by atoms with Gasteiger partial charge in [-0.2, -0.15) is 23.5 Å². The Kier molecular flexibility index (Phi) is 6.46. The molecule has 1 amide bonds. The van der Waals surface area contributed by atoms with Crippen LogP contribution in [0.3, 0.4) is 0 Å². The van der Waals surface area contributed by atoms with Gasteiger partial charge in [0.15, 0.2) is 0 Å². The molecule has 2 atom stereocenters. The average Bonchev–Trinajstić information content (AvgIpc) is 2.26. The zero-order chi connectivity index (χ0) is 11.3. The van der Waals surface area contributed by atoms with Crippen LogP contribution < -0.4 is 5.32 Å².